The Hall–Kier alpha value is -1.36. The van der Waals surface area contributed by atoms with E-state index in [0.717, 1.165) is 0 Å². The molecule has 0 saturated carbocycles. The highest BCUT2D eigenvalue weighted by atomic mass is 16.4. The third kappa shape index (κ3) is 10.6. The van der Waals surface area contributed by atoms with Gasteiger partial charge in [0.05, 0.1) is 0 Å². The van der Waals surface area contributed by atoms with E-state index >= 15 is 0 Å². The minimum Gasteiger partial charge on any atom is -0.479 e. The summed E-state index contributed by atoms with van der Waals surface area (Å²) < 4.78 is 0. The predicted octanol–water partition coefficient (Wildman–Crippen LogP) is 0.489. The summed E-state index contributed by atoms with van der Waals surface area (Å²) in [5, 5.41) is 24.2. The molecule has 0 aromatic rings. The largest absolute Gasteiger partial charge is 0.479 e. The lowest BCUT2D eigenvalue weighted by atomic mass is 10.3. The highest BCUT2D eigenvalue weighted by Gasteiger charge is 2.07. The number of carboxylic acids is 2. The highest BCUT2D eigenvalue weighted by molar-refractivity contribution is 5.84. The Morgan fingerprint density at radius 2 is 1.69 bits per heavy atom. The first-order valence-corrected chi connectivity index (χ1v) is 3.62. The van der Waals surface area contributed by atoms with E-state index < -0.39 is 18.0 Å². The summed E-state index contributed by atoms with van der Waals surface area (Å²) in [6.45, 7) is 6.21. The molecule has 0 bridgehead atoms. The van der Waals surface area contributed by atoms with Crippen molar-refractivity contribution in [1.82, 2.24) is 0 Å². The average molecular weight is 190 g/mol. The Bertz CT molecular complexity index is 185. The zero-order valence-corrected chi connectivity index (χ0v) is 7.65. The number of hydrogen-bond acceptors (Lipinski definition) is 3. The van der Waals surface area contributed by atoms with Crippen molar-refractivity contribution in [3.8, 4) is 0 Å². The molecule has 76 valence electrons. The SMILES string of the molecule is C=C(C)C(=O)O.CCC(O)C(=O)O. The number of carboxylic acid groups (broad SMARTS) is 2. The van der Waals surface area contributed by atoms with Crippen LogP contribution in [0.2, 0.25) is 0 Å². The zero-order chi connectivity index (χ0) is 11.0. The number of hydrogen-bond donors (Lipinski definition) is 3. The summed E-state index contributed by atoms with van der Waals surface area (Å²) in [7, 11) is 0. The molecular formula is C8H14O5. The maximum absolute atomic E-state index is 9.68. The maximum Gasteiger partial charge on any atom is 0.332 e. The fraction of sp³-hybridized carbons (Fsp3) is 0.500. The maximum atomic E-state index is 9.68. The molecular weight excluding hydrogens is 176 g/mol. The molecule has 0 aliphatic rings. The molecule has 0 amide bonds. The second-order valence-corrected chi connectivity index (χ2v) is 2.35. The van der Waals surface area contributed by atoms with E-state index in [9.17, 15) is 9.59 Å². The van der Waals surface area contributed by atoms with Gasteiger partial charge in [-0.3, -0.25) is 0 Å². The van der Waals surface area contributed by atoms with E-state index in [0.29, 0.717) is 0 Å². The summed E-state index contributed by atoms with van der Waals surface area (Å²) in [5.41, 5.74) is 0.176. The van der Waals surface area contributed by atoms with Gasteiger partial charge in [0.25, 0.3) is 0 Å². The van der Waals surface area contributed by atoms with Gasteiger partial charge < -0.3 is 15.3 Å². The van der Waals surface area contributed by atoms with Gasteiger partial charge in [-0.15, -0.1) is 0 Å². The first-order chi connectivity index (χ1) is 5.82. The minimum atomic E-state index is -1.18. The Morgan fingerprint density at radius 3 is 1.69 bits per heavy atom. The monoisotopic (exact) mass is 190 g/mol. The number of carbonyl (C=O) groups is 2. The van der Waals surface area contributed by atoms with Crippen molar-refractivity contribution in [2.75, 3.05) is 0 Å². The third-order valence-corrected chi connectivity index (χ3v) is 1.04. The molecule has 3 N–H and O–H groups in total. The van der Waals surface area contributed by atoms with Crippen molar-refractivity contribution in [3.05, 3.63) is 12.2 Å². The molecule has 0 aliphatic carbocycles. The van der Waals surface area contributed by atoms with Crippen LogP contribution in [-0.2, 0) is 9.59 Å². The van der Waals surface area contributed by atoms with Crippen molar-refractivity contribution in [2.45, 2.75) is 26.4 Å². The van der Waals surface area contributed by atoms with Crippen LogP contribution >= 0.6 is 0 Å². The molecule has 0 aromatic heterocycles. The van der Waals surface area contributed by atoms with E-state index in [2.05, 4.69) is 6.58 Å². The van der Waals surface area contributed by atoms with Crippen LogP contribution in [0.4, 0.5) is 0 Å². The molecule has 0 aliphatic heterocycles. The van der Waals surface area contributed by atoms with Crippen LogP contribution in [0.3, 0.4) is 0 Å². The van der Waals surface area contributed by atoms with Crippen molar-refractivity contribution >= 4 is 11.9 Å². The summed E-state index contributed by atoms with van der Waals surface area (Å²) in [5.74, 6) is -2.09. The van der Waals surface area contributed by atoms with Gasteiger partial charge >= 0.3 is 11.9 Å². The van der Waals surface area contributed by atoms with Crippen LogP contribution in [0.5, 0.6) is 0 Å². The highest BCUT2D eigenvalue weighted by Crippen LogP contribution is 1.86. The molecule has 0 fully saturated rings. The number of aliphatic hydroxyl groups excluding tert-OH is 1. The average Bonchev–Trinajstić information content (AvgIpc) is 2.03. The number of aliphatic carboxylic acids is 2. The minimum absolute atomic E-state index is 0.176. The Morgan fingerprint density at radius 1 is 1.38 bits per heavy atom. The quantitative estimate of drug-likeness (QED) is 0.563. The fourth-order valence-electron chi connectivity index (χ4n) is 0.175. The normalized spacial score (nSPS) is 10.7. The molecule has 13 heavy (non-hydrogen) atoms. The van der Waals surface area contributed by atoms with Gasteiger partial charge in [0.1, 0.15) is 0 Å². The van der Waals surface area contributed by atoms with Gasteiger partial charge in [0, 0.05) is 5.57 Å². The molecule has 0 spiro atoms. The standard InChI is InChI=1S/C4H8O3.C4H6O2/c1-2-3(5)4(6)7;1-3(2)4(5)6/h3,5H,2H2,1H3,(H,6,7);1H2,2H3,(H,5,6). The molecule has 1 unspecified atom stereocenters. The van der Waals surface area contributed by atoms with Gasteiger partial charge in [-0.2, -0.15) is 0 Å². The number of rotatable bonds is 3. The first-order valence-electron chi connectivity index (χ1n) is 3.62. The van der Waals surface area contributed by atoms with Crippen LogP contribution in [0.15, 0.2) is 12.2 Å². The molecule has 0 aromatic carbocycles. The van der Waals surface area contributed by atoms with Gasteiger partial charge in [0.15, 0.2) is 6.10 Å². The van der Waals surface area contributed by atoms with Crippen molar-refractivity contribution < 1.29 is 24.9 Å². The van der Waals surface area contributed by atoms with Gasteiger partial charge in [-0.1, -0.05) is 13.5 Å². The fourth-order valence-corrected chi connectivity index (χ4v) is 0.175. The lowest BCUT2D eigenvalue weighted by Gasteiger charge is -1.95. The van der Waals surface area contributed by atoms with E-state index in [1.165, 1.54) is 6.92 Å². The zero-order valence-electron chi connectivity index (χ0n) is 7.65. The summed E-state index contributed by atoms with van der Waals surface area (Å²) >= 11 is 0. The second kappa shape index (κ2) is 7.30. The van der Waals surface area contributed by atoms with Crippen molar-refractivity contribution in [1.29, 1.82) is 0 Å². The molecule has 5 nitrogen and oxygen atoms in total. The predicted molar refractivity (Wildman–Crippen MR) is 46.4 cm³/mol. The van der Waals surface area contributed by atoms with Gasteiger partial charge in [-0.25, -0.2) is 9.59 Å². The molecule has 0 rings (SSSR count). The first kappa shape index (κ1) is 14.2. The van der Waals surface area contributed by atoms with Crippen LogP contribution in [0.25, 0.3) is 0 Å². The van der Waals surface area contributed by atoms with Crippen molar-refractivity contribution in [3.63, 3.8) is 0 Å². The lowest BCUT2D eigenvalue weighted by molar-refractivity contribution is -0.146. The molecule has 0 saturated heterocycles. The van der Waals surface area contributed by atoms with Gasteiger partial charge in [-0.05, 0) is 13.3 Å². The Labute approximate surface area is 76.3 Å². The van der Waals surface area contributed by atoms with Crippen LogP contribution < -0.4 is 0 Å². The van der Waals surface area contributed by atoms with E-state index in [4.69, 9.17) is 15.3 Å². The summed E-state index contributed by atoms with van der Waals surface area (Å²) in [6, 6.07) is 0. The molecule has 1 atom stereocenters. The molecule has 0 heterocycles. The second-order valence-electron chi connectivity index (χ2n) is 2.35. The Balaban J connectivity index is 0. The van der Waals surface area contributed by atoms with E-state index in [-0.39, 0.29) is 12.0 Å². The topological polar surface area (TPSA) is 94.8 Å². The number of aliphatic hydroxyl groups is 1. The third-order valence-electron chi connectivity index (χ3n) is 1.04. The van der Waals surface area contributed by atoms with Gasteiger partial charge in [0.2, 0.25) is 0 Å². The summed E-state index contributed by atoms with van der Waals surface area (Å²) in [6.07, 6.45) is -0.907. The van der Waals surface area contributed by atoms with Crippen LogP contribution in [-0.4, -0.2) is 33.4 Å². The smallest absolute Gasteiger partial charge is 0.332 e. The Kier molecular flexibility index (Phi) is 7.96. The lowest BCUT2D eigenvalue weighted by Crippen LogP contribution is -2.17. The summed E-state index contributed by atoms with van der Waals surface area (Å²) in [4.78, 5) is 19.3. The molecule has 5 heteroatoms. The van der Waals surface area contributed by atoms with Crippen LogP contribution in [0, 0.1) is 0 Å². The van der Waals surface area contributed by atoms with Crippen LogP contribution in [0.1, 0.15) is 20.3 Å². The molecule has 0 radical (unpaired) electrons. The van der Waals surface area contributed by atoms with Crippen molar-refractivity contribution in [2.24, 2.45) is 0 Å². The van der Waals surface area contributed by atoms with E-state index in [1.807, 2.05) is 0 Å². The van der Waals surface area contributed by atoms with E-state index in [1.54, 1.807) is 6.92 Å².